The summed E-state index contributed by atoms with van der Waals surface area (Å²) in [5, 5.41) is 0.419. The topological polar surface area (TPSA) is 75.5 Å². The summed E-state index contributed by atoms with van der Waals surface area (Å²) in [6.07, 6.45) is 5.35. The smallest absolute Gasteiger partial charge is 0.268 e. The van der Waals surface area contributed by atoms with Crippen molar-refractivity contribution < 1.29 is 9.59 Å². The summed E-state index contributed by atoms with van der Waals surface area (Å²) in [5.74, 6) is -0.230. The van der Waals surface area contributed by atoms with Crippen LogP contribution in [-0.4, -0.2) is 45.9 Å². The minimum atomic E-state index is -0.276. The maximum Gasteiger partial charge on any atom is 0.268 e. The van der Waals surface area contributed by atoms with Crippen molar-refractivity contribution in [3.05, 3.63) is 57.0 Å². The predicted octanol–water partition coefficient (Wildman–Crippen LogP) is 4.01. The van der Waals surface area contributed by atoms with Crippen LogP contribution in [0.5, 0.6) is 0 Å². The van der Waals surface area contributed by atoms with E-state index in [-0.39, 0.29) is 30.0 Å². The first-order valence-corrected chi connectivity index (χ1v) is 12.3. The molecule has 0 aliphatic carbocycles. The summed E-state index contributed by atoms with van der Waals surface area (Å²) < 4.78 is 1.37. The van der Waals surface area contributed by atoms with Gasteiger partial charge in [-0.1, -0.05) is 25.1 Å². The van der Waals surface area contributed by atoms with E-state index in [4.69, 9.17) is 0 Å². The molecule has 0 spiro atoms. The Morgan fingerprint density at radius 3 is 2.73 bits per heavy atom. The number of piperidine rings is 1. The van der Waals surface area contributed by atoms with Crippen LogP contribution >= 0.6 is 11.3 Å². The molecule has 0 unspecified atom stereocenters. The van der Waals surface area contributed by atoms with Gasteiger partial charge < -0.3 is 9.80 Å². The zero-order valence-electron chi connectivity index (χ0n) is 19.6. The van der Waals surface area contributed by atoms with E-state index in [1.54, 1.807) is 18.9 Å². The fourth-order valence-corrected chi connectivity index (χ4v) is 5.69. The van der Waals surface area contributed by atoms with Gasteiger partial charge in [-0.3, -0.25) is 19.0 Å². The summed E-state index contributed by atoms with van der Waals surface area (Å²) in [7, 11) is 1.75. The van der Waals surface area contributed by atoms with Gasteiger partial charge in [0.15, 0.2) is 0 Å². The molecular weight excluding hydrogens is 436 g/mol. The van der Waals surface area contributed by atoms with Crippen molar-refractivity contribution in [2.75, 3.05) is 18.5 Å². The molecule has 2 amide bonds. The van der Waals surface area contributed by atoms with E-state index >= 15 is 0 Å². The van der Waals surface area contributed by atoms with Crippen LogP contribution in [0.2, 0.25) is 0 Å². The van der Waals surface area contributed by atoms with Crippen LogP contribution in [0.4, 0.5) is 5.69 Å². The summed E-state index contributed by atoms with van der Waals surface area (Å²) in [6, 6.07) is 8.00. The number of hydrogen-bond donors (Lipinski definition) is 0. The Labute approximate surface area is 197 Å². The van der Waals surface area contributed by atoms with Crippen molar-refractivity contribution in [3.8, 4) is 0 Å². The second-order valence-electron chi connectivity index (χ2n) is 8.69. The fourth-order valence-electron chi connectivity index (χ4n) is 4.58. The number of amides is 2. The van der Waals surface area contributed by atoms with Crippen molar-refractivity contribution in [1.29, 1.82) is 0 Å². The molecule has 174 valence electrons. The third-order valence-corrected chi connectivity index (χ3v) is 7.77. The molecule has 0 saturated carbocycles. The summed E-state index contributed by atoms with van der Waals surface area (Å²) >= 11 is 1.23. The van der Waals surface area contributed by atoms with E-state index < -0.39 is 0 Å². The number of hydrogen-bond acceptors (Lipinski definition) is 5. The number of aryl methyl sites for hydroxylation is 2. The zero-order valence-corrected chi connectivity index (χ0v) is 20.4. The van der Waals surface area contributed by atoms with Crippen molar-refractivity contribution in [1.82, 2.24) is 14.5 Å². The summed E-state index contributed by atoms with van der Waals surface area (Å²) in [6.45, 7) is 6.59. The highest BCUT2D eigenvalue weighted by molar-refractivity contribution is 7.20. The molecule has 1 aliphatic heterocycles. The predicted molar refractivity (Wildman–Crippen MR) is 132 cm³/mol. The van der Waals surface area contributed by atoms with Gasteiger partial charge in [-0.05, 0) is 56.7 Å². The molecule has 0 radical (unpaired) electrons. The first kappa shape index (κ1) is 23.2. The van der Waals surface area contributed by atoms with E-state index in [1.165, 1.54) is 22.2 Å². The maximum absolute atomic E-state index is 13.4. The maximum atomic E-state index is 13.4. The molecule has 1 aromatic carbocycles. The van der Waals surface area contributed by atoms with E-state index in [1.807, 2.05) is 29.2 Å². The molecule has 3 aromatic rings. The number of carbonyl (C=O) groups is 2. The number of benzene rings is 1. The van der Waals surface area contributed by atoms with Gasteiger partial charge in [0.05, 0.1) is 16.6 Å². The molecule has 8 heteroatoms. The molecule has 1 aliphatic rings. The Hall–Kier alpha value is -3.00. The van der Waals surface area contributed by atoms with Crippen LogP contribution in [0, 0.1) is 6.92 Å². The Balaban J connectivity index is 1.65. The highest BCUT2D eigenvalue weighted by Gasteiger charge is 2.26. The van der Waals surface area contributed by atoms with Crippen molar-refractivity contribution >= 4 is 39.1 Å². The van der Waals surface area contributed by atoms with E-state index in [9.17, 15) is 14.4 Å². The second-order valence-corrected chi connectivity index (χ2v) is 9.69. The van der Waals surface area contributed by atoms with Gasteiger partial charge in [-0.15, -0.1) is 11.3 Å². The Kier molecular flexibility index (Phi) is 6.65. The van der Waals surface area contributed by atoms with Crippen LogP contribution in [-0.2, 0) is 17.8 Å². The lowest BCUT2D eigenvalue weighted by atomic mass is 10.0. The number of thiophene rings is 1. The lowest BCUT2D eigenvalue weighted by molar-refractivity contribution is -0.135. The molecule has 4 rings (SSSR count). The molecule has 2 aromatic heterocycles. The van der Waals surface area contributed by atoms with Crippen LogP contribution in [0.15, 0.2) is 35.4 Å². The van der Waals surface area contributed by atoms with Gasteiger partial charge in [0.2, 0.25) is 5.91 Å². The zero-order chi connectivity index (χ0) is 23.7. The van der Waals surface area contributed by atoms with E-state index in [0.717, 1.165) is 43.5 Å². The molecule has 3 heterocycles. The standard InChI is InChI=1S/C25H30N4O3S/c1-5-18-11-6-7-12-19(18)27(4)25(32)22-17(3)21-23(33-22)26-15-28(24(21)31)14-20(30)29-13-9-8-10-16(29)2/h6-7,11-12,15-16H,5,8-10,13-14H2,1-4H3/t16-/m0/s1. The van der Waals surface area contributed by atoms with Gasteiger partial charge in [0.25, 0.3) is 11.5 Å². The molecule has 0 bridgehead atoms. The second kappa shape index (κ2) is 9.47. The quantitative estimate of drug-likeness (QED) is 0.569. The largest absolute Gasteiger partial charge is 0.338 e. The highest BCUT2D eigenvalue weighted by atomic mass is 32.1. The number of anilines is 1. The fraction of sp³-hybridized carbons (Fsp3) is 0.440. The van der Waals surface area contributed by atoms with Crippen LogP contribution in [0.1, 0.15) is 53.9 Å². The van der Waals surface area contributed by atoms with Gasteiger partial charge in [0.1, 0.15) is 11.4 Å². The number of para-hydroxylation sites is 1. The first-order chi connectivity index (χ1) is 15.8. The van der Waals surface area contributed by atoms with Crippen LogP contribution < -0.4 is 10.5 Å². The van der Waals surface area contributed by atoms with Crippen LogP contribution in [0.3, 0.4) is 0 Å². The highest BCUT2D eigenvalue weighted by Crippen LogP contribution is 2.30. The molecule has 1 atom stereocenters. The van der Waals surface area contributed by atoms with E-state index in [0.29, 0.717) is 20.7 Å². The summed E-state index contributed by atoms with van der Waals surface area (Å²) in [5.41, 5.74) is 2.28. The van der Waals surface area contributed by atoms with Gasteiger partial charge in [-0.2, -0.15) is 0 Å². The number of carbonyl (C=O) groups excluding carboxylic acids is 2. The minimum absolute atomic E-state index is 0.0333. The number of aromatic nitrogens is 2. The number of fused-ring (bicyclic) bond motifs is 1. The first-order valence-electron chi connectivity index (χ1n) is 11.5. The monoisotopic (exact) mass is 466 g/mol. The molecule has 0 N–H and O–H groups in total. The minimum Gasteiger partial charge on any atom is -0.338 e. The number of nitrogens with zero attached hydrogens (tertiary/aromatic N) is 4. The molecular formula is C25H30N4O3S. The van der Waals surface area contributed by atoms with Crippen LogP contribution in [0.25, 0.3) is 10.2 Å². The number of rotatable bonds is 5. The number of likely N-dealkylation sites (tertiary alicyclic amines) is 1. The average Bonchev–Trinajstić information content (AvgIpc) is 3.17. The average molecular weight is 467 g/mol. The SMILES string of the molecule is CCc1ccccc1N(C)C(=O)c1sc2ncn(CC(=O)N3CCCC[C@@H]3C)c(=O)c2c1C. The van der Waals surface area contributed by atoms with Gasteiger partial charge in [-0.25, -0.2) is 4.98 Å². The molecule has 7 nitrogen and oxygen atoms in total. The Morgan fingerprint density at radius 1 is 1.24 bits per heavy atom. The molecule has 33 heavy (non-hydrogen) atoms. The van der Waals surface area contributed by atoms with Crippen molar-refractivity contribution in [2.24, 2.45) is 0 Å². The van der Waals surface area contributed by atoms with Gasteiger partial charge >= 0.3 is 0 Å². The molecule has 1 fully saturated rings. The van der Waals surface area contributed by atoms with Crippen molar-refractivity contribution in [3.63, 3.8) is 0 Å². The van der Waals surface area contributed by atoms with E-state index in [2.05, 4.69) is 18.8 Å². The van der Waals surface area contributed by atoms with Crippen molar-refractivity contribution in [2.45, 2.75) is 59.0 Å². The summed E-state index contributed by atoms with van der Waals surface area (Å²) in [4.78, 5) is 48.4. The third-order valence-electron chi connectivity index (χ3n) is 6.58. The lowest BCUT2D eigenvalue weighted by Crippen LogP contribution is -2.44. The normalized spacial score (nSPS) is 16.2. The third kappa shape index (κ3) is 4.31. The van der Waals surface area contributed by atoms with Gasteiger partial charge in [0, 0.05) is 25.3 Å². The molecule has 1 saturated heterocycles. The Morgan fingerprint density at radius 2 is 2.00 bits per heavy atom. The Bertz CT molecular complexity index is 1260. The lowest BCUT2D eigenvalue weighted by Gasteiger charge is -2.33.